The van der Waals surface area contributed by atoms with Gasteiger partial charge in [-0.25, -0.2) is 0 Å². The fourth-order valence-electron chi connectivity index (χ4n) is 4.79. The van der Waals surface area contributed by atoms with E-state index in [1.54, 1.807) is 0 Å². The number of rotatable bonds is 23. The Morgan fingerprint density at radius 2 is 1.22 bits per heavy atom. The van der Waals surface area contributed by atoms with E-state index in [9.17, 15) is 0 Å². The topological polar surface area (TPSA) is 22.1 Å². The van der Waals surface area contributed by atoms with Gasteiger partial charge in [0.2, 0.25) is 0 Å². The Labute approximate surface area is 233 Å². The van der Waals surface area contributed by atoms with Crippen LogP contribution in [0.15, 0.2) is 36.7 Å². The maximum atomic E-state index is 6.40. The number of nitrogens with zero attached hydrogens (tertiary/aromatic N) is 1. The first-order chi connectivity index (χ1) is 17.8. The molecule has 1 aromatic rings. The van der Waals surface area contributed by atoms with Crippen LogP contribution in [0.3, 0.4) is 0 Å². The SMILES string of the molecule is CCCCCCCC/C=C/CCCCCCCCC(CCCCO[Si](C)(C)C(C)(C)C)c1ccncc1. The van der Waals surface area contributed by atoms with E-state index in [4.69, 9.17) is 4.43 Å². The molecular weight excluding hydrogens is 466 g/mol. The van der Waals surface area contributed by atoms with Gasteiger partial charge in [-0.15, -0.1) is 0 Å². The average Bonchev–Trinajstić information content (AvgIpc) is 2.86. The lowest BCUT2D eigenvalue weighted by Gasteiger charge is -2.36. The summed E-state index contributed by atoms with van der Waals surface area (Å²) < 4.78 is 6.40. The minimum atomic E-state index is -1.61. The second kappa shape index (κ2) is 21.0. The van der Waals surface area contributed by atoms with Crippen LogP contribution in [-0.4, -0.2) is 19.9 Å². The largest absolute Gasteiger partial charge is 0.417 e. The Morgan fingerprint density at radius 3 is 1.76 bits per heavy atom. The van der Waals surface area contributed by atoms with Gasteiger partial charge < -0.3 is 4.43 Å². The Kier molecular flexibility index (Phi) is 19.3. The summed E-state index contributed by atoms with van der Waals surface area (Å²) in [7, 11) is -1.61. The molecule has 0 aliphatic carbocycles. The molecule has 2 nitrogen and oxygen atoms in total. The molecule has 0 aliphatic heterocycles. The van der Waals surface area contributed by atoms with E-state index in [1.165, 1.54) is 121 Å². The smallest absolute Gasteiger partial charge is 0.191 e. The van der Waals surface area contributed by atoms with Crippen molar-refractivity contribution in [3.63, 3.8) is 0 Å². The van der Waals surface area contributed by atoms with E-state index < -0.39 is 8.32 Å². The number of hydrogen-bond donors (Lipinski definition) is 0. The molecule has 37 heavy (non-hydrogen) atoms. The number of allylic oxidation sites excluding steroid dienone is 2. The van der Waals surface area contributed by atoms with Crippen LogP contribution >= 0.6 is 0 Å². The van der Waals surface area contributed by atoms with Crippen molar-refractivity contribution in [3.8, 4) is 0 Å². The molecule has 0 radical (unpaired) electrons. The van der Waals surface area contributed by atoms with Crippen molar-refractivity contribution < 1.29 is 4.43 Å². The van der Waals surface area contributed by atoms with E-state index in [0.717, 1.165) is 6.61 Å². The zero-order valence-electron chi connectivity index (χ0n) is 25.8. The number of hydrogen-bond acceptors (Lipinski definition) is 2. The van der Waals surface area contributed by atoms with Gasteiger partial charge in [0.25, 0.3) is 0 Å². The molecular formula is C34H63NOSi. The molecule has 1 atom stereocenters. The second-order valence-corrected chi connectivity index (χ2v) is 17.6. The summed E-state index contributed by atoms with van der Waals surface area (Å²) in [6, 6.07) is 4.47. The molecule has 0 aliphatic rings. The highest BCUT2D eigenvalue weighted by Gasteiger charge is 2.36. The lowest BCUT2D eigenvalue weighted by molar-refractivity contribution is 0.275. The first-order valence-corrected chi connectivity index (χ1v) is 18.9. The van der Waals surface area contributed by atoms with Gasteiger partial charge in [0.05, 0.1) is 0 Å². The Morgan fingerprint density at radius 1 is 0.730 bits per heavy atom. The predicted molar refractivity (Wildman–Crippen MR) is 168 cm³/mol. The number of pyridine rings is 1. The van der Waals surface area contributed by atoms with Crippen LogP contribution in [0, 0.1) is 0 Å². The van der Waals surface area contributed by atoms with Gasteiger partial charge >= 0.3 is 0 Å². The molecule has 0 spiro atoms. The van der Waals surface area contributed by atoms with Crippen LogP contribution in [0.1, 0.15) is 155 Å². The van der Waals surface area contributed by atoms with Crippen LogP contribution < -0.4 is 0 Å². The standard InChI is InChI=1S/C34H63NOSi/c1-7-8-9-10-11-12-13-14-15-16-17-18-19-20-21-22-25-32(33-27-29-35-30-28-33)26-23-24-31-36-37(5,6)34(2,3)4/h14-15,27-30,32H,7-13,16-26,31H2,1-6H3/b15-14+. The normalized spacial score (nSPS) is 13.5. The lowest BCUT2D eigenvalue weighted by Crippen LogP contribution is -2.40. The highest BCUT2D eigenvalue weighted by Crippen LogP contribution is 2.36. The summed E-state index contributed by atoms with van der Waals surface area (Å²) in [6.07, 6.45) is 33.1. The number of aromatic nitrogens is 1. The highest BCUT2D eigenvalue weighted by molar-refractivity contribution is 6.74. The Bertz CT molecular complexity index is 664. The molecule has 0 N–H and O–H groups in total. The molecule has 1 aromatic heterocycles. The summed E-state index contributed by atoms with van der Waals surface area (Å²) in [5.41, 5.74) is 1.48. The van der Waals surface area contributed by atoms with Crippen molar-refractivity contribution in [2.45, 2.75) is 167 Å². The summed E-state index contributed by atoms with van der Waals surface area (Å²) in [6.45, 7) is 14.9. The van der Waals surface area contributed by atoms with Gasteiger partial charge in [-0.3, -0.25) is 4.98 Å². The lowest BCUT2D eigenvalue weighted by atomic mass is 9.89. The molecule has 3 heteroatoms. The third kappa shape index (κ3) is 17.3. The molecule has 1 unspecified atom stereocenters. The van der Waals surface area contributed by atoms with Crippen molar-refractivity contribution in [1.82, 2.24) is 4.98 Å². The van der Waals surface area contributed by atoms with E-state index in [0.29, 0.717) is 11.0 Å². The molecule has 0 aromatic carbocycles. The van der Waals surface area contributed by atoms with Crippen LogP contribution in [-0.2, 0) is 4.43 Å². The minimum Gasteiger partial charge on any atom is -0.417 e. The van der Waals surface area contributed by atoms with Crippen molar-refractivity contribution in [2.75, 3.05) is 6.61 Å². The highest BCUT2D eigenvalue weighted by atomic mass is 28.4. The van der Waals surface area contributed by atoms with Gasteiger partial charge in [-0.2, -0.15) is 0 Å². The third-order valence-electron chi connectivity index (χ3n) is 8.46. The average molecular weight is 530 g/mol. The molecule has 0 amide bonds. The van der Waals surface area contributed by atoms with Crippen molar-refractivity contribution in [1.29, 1.82) is 0 Å². The minimum absolute atomic E-state index is 0.302. The maximum Gasteiger partial charge on any atom is 0.191 e. The van der Waals surface area contributed by atoms with Crippen LogP contribution in [0.25, 0.3) is 0 Å². The van der Waals surface area contributed by atoms with Crippen molar-refractivity contribution in [3.05, 3.63) is 42.2 Å². The summed E-state index contributed by atoms with van der Waals surface area (Å²) in [5.74, 6) is 0.674. The van der Waals surface area contributed by atoms with Gasteiger partial charge in [-0.05, 0) is 86.7 Å². The van der Waals surface area contributed by atoms with Crippen molar-refractivity contribution in [2.24, 2.45) is 0 Å². The summed E-state index contributed by atoms with van der Waals surface area (Å²) in [4.78, 5) is 4.25. The molecule has 0 fully saturated rings. The van der Waals surface area contributed by atoms with Crippen LogP contribution in [0.2, 0.25) is 18.1 Å². The van der Waals surface area contributed by atoms with Gasteiger partial charge in [0.15, 0.2) is 8.32 Å². The zero-order chi connectivity index (χ0) is 27.2. The predicted octanol–water partition coefficient (Wildman–Crippen LogP) is 11.8. The monoisotopic (exact) mass is 529 g/mol. The first kappa shape index (κ1) is 34.1. The number of unbranched alkanes of at least 4 members (excludes halogenated alkanes) is 13. The molecule has 0 bridgehead atoms. The molecule has 1 heterocycles. The Hall–Kier alpha value is -0.933. The molecule has 0 saturated carbocycles. The fourth-order valence-corrected chi connectivity index (χ4v) is 5.88. The van der Waals surface area contributed by atoms with Crippen LogP contribution in [0.4, 0.5) is 0 Å². The Balaban J connectivity index is 2.14. The maximum absolute atomic E-state index is 6.40. The van der Waals surface area contributed by atoms with E-state index in [-0.39, 0.29) is 0 Å². The van der Waals surface area contributed by atoms with E-state index >= 15 is 0 Å². The summed E-state index contributed by atoms with van der Waals surface area (Å²) >= 11 is 0. The van der Waals surface area contributed by atoms with Crippen LogP contribution in [0.5, 0.6) is 0 Å². The second-order valence-electron chi connectivity index (χ2n) is 12.8. The van der Waals surface area contributed by atoms with Gasteiger partial charge in [-0.1, -0.05) is 110 Å². The van der Waals surface area contributed by atoms with E-state index in [2.05, 4.69) is 70.1 Å². The molecule has 1 rings (SSSR count). The quantitative estimate of drug-likeness (QED) is 0.0798. The summed E-state index contributed by atoms with van der Waals surface area (Å²) in [5, 5.41) is 0.302. The van der Waals surface area contributed by atoms with Gasteiger partial charge in [0.1, 0.15) is 0 Å². The van der Waals surface area contributed by atoms with Crippen molar-refractivity contribution >= 4 is 8.32 Å². The third-order valence-corrected chi connectivity index (χ3v) is 13.0. The molecule has 214 valence electrons. The fraction of sp³-hybridized carbons (Fsp3) is 0.794. The first-order valence-electron chi connectivity index (χ1n) is 16.0. The zero-order valence-corrected chi connectivity index (χ0v) is 26.8. The van der Waals surface area contributed by atoms with Gasteiger partial charge in [0, 0.05) is 19.0 Å². The van der Waals surface area contributed by atoms with E-state index in [1.807, 2.05) is 12.4 Å². The molecule has 0 saturated heterocycles.